The van der Waals surface area contributed by atoms with Gasteiger partial charge in [0.1, 0.15) is 23.5 Å². The van der Waals surface area contributed by atoms with E-state index in [0.29, 0.717) is 22.3 Å². The number of halogens is 4. The van der Waals surface area contributed by atoms with E-state index in [4.69, 9.17) is 5.11 Å². The van der Waals surface area contributed by atoms with E-state index >= 15 is 8.78 Å². The molecule has 5 aromatic rings. The minimum atomic E-state index is -4.35. The van der Waals surface area contributed by atoms with E-state index in [1.807, 2.05) is 29.0 Å². The SMILES string of the molecule is O=C(O)c1ccc(N2CC3(CN(CCc4ccc(-c5cnc6[nH]cc(C(=O)c7c(F)ccc(NS(=O)(=O)N8CC[C@@H](F)C8)c7F)c6c5)cc4)C3)C2)cc1F. The van der Waals surface area contributed by atoms with Gasteiger partial charge in [0.05, 0.1) is 16.8 Å². The lowest BCUT2D eigenvalue weighted by Crippen LogP contribution is -2.72. The van der Waals surface area contributed by atoms with Crippen molar-refractivity contribution in [3.63, 3.8) is 0 Å². The smallest absolute Gasteiger partial charge is 0.338 e. The van der Waals surface area contributed by atoms with Gasteiger partial charge in [0, 0.05) is 85.8 Å². The molecule has 54 heavy (non-hydrogen) atoms. The molecule has 3 aliphatic rings. The Labute approximate surface area is 307 Å². The summed E-state index contributed by atoms with van der Waals surface area (Å²) in [6.45, 7) is 3.80. The first-order valence-electron chi connectivity index (χ1n) is 17.3. The molecule has 3 N–H and O–H groups in total. The van der Waals surface area contributed by atoms with Crippen molar-refractivity contribution in [3.8, 4) is 11.1 Å². The summed E-state index contributed by atoms with van der Waals surface area (Å²) in [5, 5.41) is 9.39. The molecule has 3 fully saturated rings. The number of aromatic carboxylic acids is 1. The van der Waals surface area contributed by atoms with Crippen LogP contribution in [-0.4, -0.2) is 96.4 Å². The van der Waals surface area contributed by atoms with Crippen LogP contribution >= 0.6 is 0 Å². The van der Waals surface area contributed by atoms with Gasteiger partial charge in [-0.2, -0.15) is 12.7 Å². The number of rotatable bonds is 11. The fraction of sp³-hybridized carbons (Fsp3) is 0.289. The van der Waals surface area contributed by atoms with Crippen molar-refractivity contribution in [1.82, 2.24) is 19.2 Å². The second kappa shape index (κ2) is 13.5. The number of hydrogen-bond donors (Lipinski definition) is 3. The highest BCUT2D eigenvalue weighted by Gasteiger charge is 2.51. The summed E-state index contributed by atoms with van der Waals surface area (Å²) in [7, 11) is -4.35. The number of carboxylic acids is 1. The van der Waals surface area contributed by atoms with E-state index in [2.05, 4.69) is 19.8 Å². The Bertz CT molecular complexity index is 2410. The van der Waals surface area contributed by atoms with Crippen LogP contribution in [0.4, 0.5) is 28.9 Å². The van der Waals surface area contributed by atoms with Gasteiger partial charge in [-0.1, -0.05) is 24.3 Å². The van der Waals surface area contributed by atoms with Crippen molar-refractivity contribution in [3.05, 3.63) is 113 Å². The largest absolute Gasteiger partial charge is 0.478 e. The summed E-state index contributed by atoms with van der Waals surface area (Å²) in [6, 6.07) is 15.5. The molecule has 0 aliphatic carbocycles. The number of alkyl halides is 1. The second-order valence-corrected chi connectivity index (χ2v) is 15.9. The Hall–Kier alpha value is -5.32. The maximum absolute atomic E-state index is 15.6. The average Bonchev–Trinajstić information content (AvgIpc) is 3.75. The summed E-state index contributed by atoms with van der Waals surface area (Å²) in [5.74, 6) is -5.60. The fourth-order valence-electron chi connectivity index (χ4n) is 7.66. The average molecular weight is 763 g/mol. The van der Waals surface area contributed by atoms with Gasteiger partial charge in [-0.15, -0.1) is 0 Å². The summed E-state index contributed by atoms with van der Waals surface area (Å²) >= 11 is 0. The lowest BCUT2D eigenvalue weighted by molar-refractivity contribution is -0.0206. The number of H-pyrrole nitrogens is 1. The molecule has 3 aromatic carbocycles. The topological polar surface area (TPSA) is 139 Å². The van der Waals surface area contributed by atoms with Gasteiger partial charge in [-0.3, -0.25) is 9.52 Å². The Balaban J connectivity index is 0.903. The van der Waals surface area contributed by atoms with Crippen LogP contribution in [0.5, 0.6) is 0 Å². The highest BCUT2D eigenvalue weighted by atomic mass is 32.2. The summed E-state index contributed by atoms with van der Waals surface area (Å²) in [4.78, 5) is 36.4. The zero-order valence-corrected chi connectivity index (χ0v) is 29.5. The predicted octanol–water partition coefficient (Wildman–Crippen LogP) is 5.64. The van der Waals surface area contributed by atoms with E-state index in [1.54, 1.807) is 18.3 Å². The van der Waals surface area contributed by atoms with E-state index in [9.17, 15) is 26.8 Å². The molecule has 1 atom stereocenters. The third-order valence-corrected chi connectivity index (χ3v) is 12.0. The molecule has 3 saturated heterocycles. The standard InChI is InChI=1S/C38H34F4N6O5S/c39-25-10-12-48(17-25)54(52,53)45-32-8-7-30(40)33(34(32)42)35(49)29-16-44-36-28(29)13-24(15-43-36)23-3-1-22(2-4-23)9-11-46-18-38(19-46)20-47(21-38)26-5-6-27(37(50)51)31(41)14-26/h1-8,13-16,25,45H,9-12,17-21H2,(H,43,44)(H,50,51)/t25-/m1/s1. The van der Waals surface area contributed by atoms with E-state index in [0.717, 1.165) is 66.7 Å². The summed E-state index contributed by atoms with van der Waals surface area (Å²) in [6.07, 6.45) is 2.39. The molecule has 1 spiro atoms. The van der Waals surface area contributed by atoms with Crippen LogP contribution in [0.2, 0.25) is 0 Å². The lowest BCUT2D eigenvalue weighted by atomic mass is 9.72. The van der Waals surface area contributed by atoms with Crippen molar-refractivity contribution in [2.75, 3.05) is 55.4 Å². The first-order valence-corrected chi connectivity index (χ1v) is 18.7. The number of nitrogens with one attached hydrogen (secondary N) is 2. The molecular formula is C38H34F4N6O5S. The van der Waals surface area contributed by atoms with E-state index in [1.165, 1.54) is 18.3 Å². The van der Waals surface area contributed by atoms with Crippen LogP contribution in [0, 0.1) is 22.9 Å². The molecule has 16 heteroatoms. The highest BCUT2D eigenvalue weighted by Crippen LogP contribution is 2.42. The van der Waals surface area contributed by atoms with Gasteiger partial charge < -0.3 is 19.9 Å². The Morgan fingerprint density at radius 3 is 2.39 bits per heavy atom. The van der Waals surface area contributed by atoms with E-state index < -0.39 is 56.8 Å². The van der Waals surface area contributed by atoms with Crippen molar-refractivity contribution >= 4 is 44.4 Å². The molecule has 5 heterocycles. The molecule has 0 unspecified atom stereocenters. The molecule has 8 rings (SSSR count). The lowest BCUT2D eigenvalue weighted by Gasteiger charge is -2.61. The van der Waals surface area contributed by atoms with Gasteiger partial charge in [-0.25, -0.2) is 27.3 Å². The quantitative estimate of drug-likeness (QED) is 0.116. The molecule has 0 radical (unpaired) electrons. The molecule has 0 saturated carbocycles. The van der Waals surface area contributed by atoms with Crippen LogP contribution in [0.15, 0.2) is 73.1 Å². The molecule has 280 valence electrons. The number of fused-ring (bicyclic) bond motifs is 1. The van der Waals surface area contributed by atoms with Crippen molar-refractivity contribution in [2.45, 2.75) is 19.0 Å². The van der Waals surface area contributed by atoms with E-state index in [-0.39, 0.29) is 36.1 Å². The zero-order chi connectivity index (χ0) is 37.9. The number of benzene rings is 3. The number of hydrogen-bond acceptors (Lipinski definition) is 7. The number of aromatic amines is 1. The maximum Gasteiger partial charge on any atom is 0.338 e. The number of carboxylic acid groups (broad SMARTS) is 1. The third kappa shape index (κ3) is 6.58. The molecule has 0 bridgehead atoms. The van der Waals surface area contributed by atoms with Crippen LogP contribution in [0.3, 0.4) is 0 Å². The zero-order valence-electron chi connectivity index (χ0n) is 28.7. The van der Waals surface area contributed by atoms with Gasteiger partial charge in [0.2, 0.25) is 5.78 Å². The van der Waals surface area contributed by atoms with Crippen molar-refractivity contribution < 1.29 is 40.7 Å². The van der Waals surface area contributed by atoms with Crippen LogP contribution in [0.25, 0.3) is 22.2 Å². The van der Waals surface area contributed by atoms with Crippen molar-refractivity contribution in [1.29, 1.82) is 0 Å². The molecule has 3 aliphatic heterocycles. The minimum absolute atomic E-state index is 0.00100. The maximum atomic E-state index is 15.6. The number of likely N-dealkylation sites (tertiary alicyclic amines) is 1. The number of nitrogens with zero attached hydrogens (tertiary/aromatic N) is 4. The Morgan fingerprint density at radius 2 is 1.70 bits per heavy atom. The van der Waals surface area contributed by atoms with Crippen LogP contribution in [-0.2, 0) is 16.6 Å². The van der Waals surface area contributed by atoms with Crippen LogP contribution < -0.4 is 9.62 Å². The molecule has 2 aromatic heterocycles. The minimum Gasteiger partial charge on any atom is -0.478 e. The molecule has 0 amide bonds. The summed E-state index contributed by atoms with van der Waals surface area (Å²) in [5.41, 5.74) is 1.77. The van der Waals surface area contributed by atoms with Gasteiger partial charge in [-0.05, 0) is 60.4 Å². The number of anilines is 2. The Kier molecular flexibility index (Phi) is 8.93. The first-order chi connectivity index (χ1) is 25.8. The highest BCUT2D eigenvalue weighted by molar-refractivity contribution is 7.90. The first kappa shape index (κ1) is 35.7. The van der Waals surface area contributed by atoms with Crippen molar-refractivity contribution in [2.24, 2.45) is 5.41 Å². The molecular weight excluding hydrogens is 729 g/mol. The third-order valence-electron chi connectivity index (χ3n) is 10.5. The second-order valence-electron chi connectivity index (χ2n) is 14.3. The molecule has 11 nitrogen and oxygen atoms in total. The monoisotopic (exact) mass is 762 g/mol. The van der Waals surface area contributed by atoms with Crippen LogP contribution in [0.1, 0.15) is 38.3 Å². The predicted molar refractivity (Wildman–Crippen MR) is 193 cm³/mol. The number of carbonyl (C=O) groups is 2. The number of pyridine rings is 1. The van der Waals surface area contributed by atoms with Gasteiger partial charge >= 0.3 is 16.2 Å². The number of carbonyl (C=O) groups excluding carboxylic acids is 1. The van der Waals surface area contributed by atoms with Gasteiger partial charge in [0.15, 0.2) is 5.82 Å². The Morgan fingerprint density at radius 1 is 0.944 bits per heavy atom. The number of aromatic nitrogens is 2. The summed E-state index contributed by atoms with van der Waals surface area (Å²) < 4.78 is 86.7. The number of ketones is 1. The normalized spacial score (nSPS) is 18.5. The van der Waals surface area contributed by atoms with Gasteiger partial charge in [0.25, 0.3) is 0 Å². The fourth-order valence-corrected chi connectivity index (χ4v) is 8.93.